The highest BCUT2D eigenvalue weighted by atomic mass is 16.6. The maximum Gasteiger partial charge on any atom is 0.308 e. The standard InChI is InChI=1S/C25H27N5O6/c1-14-18(13-21(32)36-14)28-23(33)19-7-4-12-29-20(31)9-8-17(25(35)30(19)29)27-24(34)22-16-6-3-2-5-15(16)10-11-26-22/h2-3,5-6,10-11,14,17-19H,4,7-9,12-13H2,1H3,(H,27,34)(H,28,33)/t14-,17?,18-,19-/m0/s1. The monoisotopic (exact) mass is 493 g/mol. The Morgan fingerprint density at radius 2 is 1.89 bits per heavy atom. The Bertz CT molecular complexity index is 1240. The van der Waals surface area contributed by atoms with E-state index in [0.717, 1.165) is 5.39 Å². The number of carbonyl (C=O) groups is 5. The zero-order valence-electron chi connectivity index (χ0n) is 19.8. The van der Waals surface area contributed by atoms with Crippen LogP contribution in [-0.2, 0) is 23.9 Å². The van der Waals surface area contributed by atoms with Crippen molar-refractivity contribution < 1.29 is 28.7 Å². The average Bonchev–Trinajstić information content (AvgIpc) is 3.14. The van der Waals surface area contributed by atoms with Gasteiger partial charge < -0.3 is 15.4 Å². The highest BCUT2D eigenvalue weighted by Gasteiger charge is 2.45. The first-order valence-corrected chi connectivity index (χ1v) is 12.1. The molecular weight excluding hydrogens is 466 g/mol. The van der Waals surface area contributed by atoms with Gasteiger partial charge in [-0.1, -0.05) is 24.3 Å². The quantitative estimate of drug-likeness (QED) is 0.598. The molecule has 11 nitrogen and oxygen atoms in total. The SMILES string of the molecule is C[C@@H]1OC(=O)C[C@@H]1NC(=O)[C@@H]1CCCN2C(=O)CCC(NC(=O)c3nccc4ccccc34)C(=O)N12. The van der Waals surface area contributed by atoms with E-state index in [-0.39, 0.29) is 30.9 Å². The number of nitrogens with zero attached hydrogens (tertiary/aromatic N) is 3. The van der Waals surface area contributed by atoms with Gasteiger partial charge in [-0.15, -0.1) is 0 Å². The number of fused-ring (bicyclic) bond motifs is 2. The Labute approximate surface area is 207 Å². The molecule has 0 bridgehead atoms. The maximum atomic E-state index is 13.7. The van der Waals surface area contributed by atoms with E-state index in [1.54, 1.807) is 25.1 Å². The maximum absolute atomic E-state index is 13.7. The molecule has 5 rings (SSSR count). The summed E-state index contributed by atoms with van der Waals surface area (Å²) in [6, 6.07) is 6.64. The van der Waals surface area contributed by atoms with Gasteiger partial charge in [-0.2, -0.15) is 0 Å². The van der Waals surface area contributed by atoms with Gasteiger partial charge in [0.2, 0.25) is 11.8 Å². The molecule has 0 aliphatic carbocycles. The summed E-state index contributed by atoms with van der Waals surface area (Å²) in [5, 5.41) is 9.55. The van der Waals surface area contributed by atoms with E-state index in [1.165, 1.54) is 16.2 Å². The molecule has 3 fully saturated rings. The summed E-state index contributed by atoms with van der Waals surface area (Å²) < 4.78 is 5.11. The number of nitrogens with one attached hydrogen (secondary N) is 2. The average molecular weight is 494 g/mol. The molecule has 0 radical (unpaired) electrons. The van der Waals surface area contributed by atoms with Crippen molar-refractivity contribution in [2.24, 2.45) is 0 Å². The molecular formula is C25H27N5O6. The van der Waals surface area contributed by atoms with Gasteiger partial charge in [0.15, 0.2) is 0 Å². The van der Waals surface area contributed by atoms with Crippen molar-refractivity contribution in [3.63, 3.8) is 0 Å². The fraction of sp³-hybridized carbons (Fsp3) is 0.440. The third kappa shape index (κ3) is 4.36. The fourth-order valence-electron chi connectivity index (χ4n) is 5.06. The second-order valence-corrected chi connectivity index (χ2v) is 9.32. The number of hydrogen-bond acceptors (Lipinski definition) is 7. The summed E-state index contributed by atoms with van der Waals surface area (Å²) in [6.07, 6.45) is 2.14. The van der Waals surface area contributed by atoms with Gasteiger partial charge in [-0.25, -0.2) is 5.01 Å². The van der Waals surface area contributed by atoms with E-state index in [0.29, 0.717) is 24.8 Å². The van der Waals surface area contributed by atoms with Crippen molar-refractivity contribution in [2.75, 3.05) is 6.54 Å². The minimum atomic E-state index is -1.00. The van der Waals surface area contributed by atoms with Gasteiger partial charge in [0.05, 0.1) is 12.5 Å². The van der Waals surface area contributed by atoms with Gasteiger partial charge in [0, 0.05) is 24.5 Å². The largest absolute Gasteiger partial charge is 0.460 e. The molecule has 1 aromatic carbocycles. The Hall–Kier alpha value is -4.02. The van der Waals surface area contributed by atoms with Crippen molar-refractivity contribution in [2.45, 2.75) is 63.3 Å². The number of carbonyl (C=O) groups excluding carboxylic acids is 5. The van der Waals surface area contributed by atoms with E-state index in [1.807, 2.05) is 12.1 Å². The number of rotatable bonds is 4. The first-order chi connectivity index (χ1) is 17.3. The van der Waals surface area contributed by atoms with Crippen molar-refractivity contribution in [1.82, 2.24) is 25.6 Å². The number of pyridine rings is 1. The van der Waals surface area contributed by atoms with Crippen molar-refractivity contribution in [1.29, 1.82) is 0 Å². The zero-order chi connectivity index (χ0) is 25.4. The molecule has 0 saturated carbocycles. The first kappa shape index (κ1) is 23.7. The number of aromatic nitrogens is 1. The van der Waals surface area contributed by atoms with E-state index < -0.39 is 47.9 Å². The number of ether oxygens (including phenoxy) is 1. The third-order valence-electron chi connectivity index (χ3n) is 6.96. The Morgan fingerprint density at radius 3 is 2.67 bits per heavy atom. The predicted molar refractivity (Wildman–Crippen MR) is 126 cm³/mol. The lowest BCUT2D eigenvalue weighted by Crippen LogP contribution is -2.64. The predicted octanol–water partition coefficient (Wildman–Crippen LogP) is 0.682. The number of hydrogen-bond donors (Lipinski definition) is 2. The number of benzene rings is 1. The molecule has 4 amide bonds. The number of cyclic esters (lactones) is 1. The fourth-order valence-corrected chi connectivity index (χ4v) is 5.06. The molecule has 11 heteroatoms. The minimum absolute atomic E-state index is 0.0481. The third-order valence-corrected chi connectivity index (χ3v) is 6.96. The van der Waals surface area contributed by atoms with Gasteiger partial charge in [-0.05, 0) is 37.6 Å². The van der Waals surface area contributed by atoms with Gasteiger partial charge in [0.25, 0.3) is 11.8 Å². The van der Waals surface area contributed by atoms with Crippen LogP contribution in [0.15, 0.2) is 36.5 Å². The number of hydrazine groups is 1. The molecule has 3 aliphatic heterocycles. The molecule has 2 aromatic rings. The van der Waals surface area contributed by atoms with Crippen LogP contribution in [0.25, 0.3) is 10.8 Å². The summed E-state index contributed by atoms with van der Waals surface area (Å²) in [7, 11) is 0. The summed E-state index contributed by atoms with van der Waals surface area (Å²) in [6.45, 7) is 2.00. The van der Waals surface area contributed by atoms with Crippen LogP contribution in [0.2, 0.25) is 0 Å². The Balaban J connectivity index is 1.38. The smallest absolute Gasteiger partial charge is 0.308 e. The highest BCUT2D eigenvalue weighted by Crippen LogP contribution is 2.26. The van der Waals surface area contributed by atoms with Crippen LogP contribution in [0, 0.1) is 0 Å². The second kappa shape index (κ2) is 9.56. The van der Waals surface area contributed by atoms with E-state index in [4.69, 9.17) is 4.74 Å². The molecule has 2 N–H and O–H groups in total. The Kier molecular flexibility index (Phi) is 6.29. The van der Waals surface area contributed by atoms with E-state index in [2.05, 4.69) is 15.6 Å². The lowest BCUT2D eigenvalue weighted by Gasteiger charge is -2.43. The molecule has 4 atom stereocenters. The first-order valence-electron chi connectivity index (χ1n) is 12.1. The highest BCUT2D eigenvalue weighted by molar-refractivity contribution is 6.06. The van der Waals surface area contributed by atoms with Crippen LogP contribution in [-0.4, -0.2) is 75.4 Å². The lowest BCUT2D eigenvalue weighted by molar-refractivity contribution is -0.176. The van der Waals surface area contributed by atoms with Crippen LogP contribution in [0.4, 0.5) is 0 Å². The lowest BCUT2D eigenvalue weighted by atomic mass is 10.0. The molecule has 3 aliphatic rings. The molecule has 1 unspecified atom stereocenters. The van der Waals surface area contributed by atoms with Crippen LogP contribution in [0.3, 0.4) is 0 Å². The summed E-state index contributed by atoms with van der Waals surface area (Å²) in [5.41, 5.74) is 0.182. The van der Waals surface area contributed by atoms with Crippen LogP contribution in [0.1, 0.15) is 49.5 Å². The number of esters is 1. The van der Waals surface area contributed by atoms with E-state index in [9.17, 15) is 24.0 Å². The summed E-state index contributed by atoms with van der Waals surface area (Å²) >= 11 is 0. The molecule has 4 heterocycles. The minimum Gasteiger partial charge on any atom is -0.460 e. The molecule has 36 heavy (non-hydrogen) atoms. The molecule has 0 spiro atoms. The summed E-state index contributed by atoms with van der Waals surface area (Å²) in [5.74, 6) is -2.20. The Morgan fingerprint density at radius 1 is 1.08 bits per heavy atom. The topological polar surface area (TPSA) is 138 Å². The van der Waals surface area contributed by atoms with Gasteiger partial charge in [0.1, 0.15) is 23.9 Å². The van der Waals surface area contributed by atoms with Crippen LogP contribution >= 0.6 is 0 Å². The number of amides is 4. The van der Waals surface area contributed by atoms with Gasteiger partial charge >= 0.3 is 5.97 Å². The van der Waals surface area contributed by atoms with Crippen molar-refractivity contribution in [3.8, 4) is 0 Å². The zero-order valence-corrected chi connectivity index (χ0v) is 19.8. The molecule has 3 saturated heterocycles. The van der Waals surface area contributed by atoms with Crippen LogP contribution in [0.5, 0.6) is 0 Å². The molecule has 1 aromatic heterocycles. The second-order valence-electron chi connectivity index (χ2n) is 9.32. The van der Waals surface area contributed by atoms with Crippen LogP contribution < -0.4 is 10.6 Å². The molecule has 188 valence electrons. The summed E-state index contributed by atoms with van der Waals surface area (Å²) in [4.78, 5) is 68.7. The van der Waals surface area contributed by atoms with Gasteiger partial charge in [-0.3, -0.25) is 34.0 Å². The normalized spacial score (nSPS) is 26.3. The van der Waals surface area contributed by atoms with Crippen molar-refractivity contribution >= 4 is 40.4 Å². The van der Waals surface area contributed by atoms with Crippen molar-refractivity contribution in [3.05, 3.63) is 42.2 Å². The van der Waals surface area contributed by atoms with E-state index >= 15 is 0 Å².